The highest BCUT2D eigenvalue weighted by atomic mass is 16.5. The SMILES string of the molecule is COc1cc2ccccc2nc1CC(=O)O. The molecule has 16 heavy (non-hydrogen) atoms. The van der Waals surface area contributed by atoms with Gasteiger partial charge in [-0.25, -0.2) is 4.98 Å². The van der Waals surface area contributed by atoms with E-state index in [0.29, 0.717) is 11.4 Å². The number of para-hydroxylation sites is 1. The van der Waals surface area contributed by atoms with E-state index in [0.717, 1.165) is 10.9 Å². The van der Waals surface area contributed by atoms with Crippen molar-refractivity contribution < 1.29 is 14.6 Å². The number of rotatable bonds is 3. The Labute approximate surface area is 92.5 Å². The lowest BCUT2D eigenvalue weighted by molar-refractivity contribution is -0.136. The first-order valence-corrected chi connectivity index (χ1v) is 4.85. The summed E-state index contributed by atoms with van der Waals surface area (Å²) in [4.78, 5) is 15.0. The standard InChI is InChI=1S/C12H11NO3/c1-16-11-6-8-4-2-3-5-9(8)13-10(11)7-12(14)15/h2-6H,7H2,1H3,(H,14,15). The summed E-state index contributed by atoms with van der Waals surface area (Å²) in [6.07, 6.45) is -0.131. The van der Waals surface area contributed by atoms with Crippen LogP contribution in [0.1, 0.15) is 5.69 Å². The molecule has 0 saturated carbocycles. The van der Waals surface area contributed by atoms with Crippen LogP contribution in [0.2, 0.25) is 0 Å². The Balaban J connectivity index is 2.58. The van der Waals surface area contributed by atoms with Crippen LogP contribution in [0.15, 0.2) is 30.3 Å². The van der Waals surface area contributed by atoms with Crippen molar-refractivity contribution in [2.75, 3.05) is 7.11 Å². The van der Waals surface area contributed by atoms with Gasteiger partial charge in [0.05, 0.1) is 24.7 Å². The lowest BCUT2D eigenvalue weighted by Crippen LogP contribution is -2.04. The highest BCUT2D eigenvalue weighted by Gasteiger charge is 2.10. The van der Waals surface area contributed by atoms with Crippen LogP contribution < -0.4 is 4.74 Å². The van der Waals surface area contributed by atoms with Gasteiger partial charge in [-0.1, -0.05) is 18.2 Å². The van der Waals surface area contributed by atoms with Gasteiger partial charge < -0.3 is 9.84 Å². The molecule has 0 unspecified atom stereocenters. The number of fused-ring (bicyclic) bond motifs is 1. The van der Waals surface area contributed by atoms with Crippen molar-refractivity contribution in [1.82, 2.24) is 4.98 Å². The smallest absolute Gasteiger partial charge is 0.309 e. The molecule has 1 N–H and O–H groups in total. The predicted molar refractivity (Wildman–Crippen MR) is 59.6 cm³/mol. The van der Waals surface area contributed by atoms with E-state index in [1.165, 1.54) is 7.11 Å². The first-order chi connectivity index (χ1) is 7.70. The molecule has 0 amide bonds. The maximum atomic E-state index is 10.7. The number of aliphatic carboxylic acids is 1. The zero-order chi connectivity index (χ0) is 11.5. The zero-order valence-electron chi connectivity index (χ0n) is 8.80. The summed E-state index contributed by atoms with van der Waals surface area (Å²) in [6, 6.07) is 9.34. The van der Waals surface area contributed by atoms with Crippen LogP contribution in [0, 0.1) is 0 Å². The number of nitrogens with zero attached hydrogens (tertiary/aromatic N) is 1. The van der Waals surface area contributed by atoms with Gasteiger partial charge in [-0.2, -0.15) is 0 Å². The lowest BCUT2D eigenvalue weighted by Gasteiger charge is -2.07. The van der Waals surface area contributed by atoms with Crippen molar-refractivity contribution in [3.63, 3.8) is 0 Å². The van der Waals surface area contributed by atoms with Crippen LogP contribution >= 0.6 is 0 Å². The molecular formula is C12H11NO3. The molecule has 0 saturated heterocycles. The number of methoxy groups -OCH3 is 1. The van der Waals surface area contributed by atoms with Crippen molar-refractivity contribution in [1.29, 1.82) is 0 Å². The monoisotopic (exact) mass is 217 g/mol. The van der Waals surface area contributed by atoms with Crippen molar-refractivity contribution >= 4 is 16.9 Å². The summed E-state index contributed by atoms with van der Waals surface area (Å²) in [5.74, 6) is -0.401. The molecule has 0 spiro atoms. The van der Waals surface area contributed by atoms with Crippen LogP contribution in [-0.4, -0.2) is 23.2 Å². The summed E-state index contributed by atoms with van der Waals surface area (Å²) >= 11 is 0. The first kappa shape index (κ1) is 10.4. The van der Waals surface area contributed by atoms with Crippen molar-refractivity contribution in [3.8, 4) is 5.75 Å². The van der Waals surface area contributed by atoms with Gasteiger partial charge in [0.2, 0.25) is 0 Å². The van der Waals surface area contributed by atoms with E-state index in [4.69, 9.17) is 9.84 Å². The van der Waals surface area contributed by atoms with Gasteiger partial charge in [-0.3, -0.25) is 4.79 Å². The number of carboxylic acids is 1. The molecule has 2 rings (SSSR count). The normalized spacial score (nSPS) is 10.3. The molecule has 0 bridgehead atoms. The zero-order valence-corrected chi connectivity index (χ0v) is 8.80. The number of ether oxygens (including phenoxy) is 1. The van der Waals surface area contributed by atoms with E-state index in [9.17, 15) is 4.79 Å². The van der Waals surface area contributed by atoms with E-state index in [1.54, 1.807) is 6.07 Å². The summed E-state index contributed by atoms with van der Waals surface area (Å²) in [7, 11) is 1.51. The summed E-state index contributed by atoms with van der Waals surface area (Å²) in [5, 5.41) is 9.70. The molecule has 4 nitrogen and oxygen atoms in total. The average molecular weight is 217 g/mol. The first-order valence-electron chi connectivity index (χ1n) is 4.85. The van der Waals surface area contributed by atoms with Gasteiger partial charge in [0, 0.05) is 5.39 Å². The Morgan fingerprint density at radius 3 is 2.88 bits per heavy atom. The second-order valence-electron chi connectivity index (χ2n) is 3.40. The highest BCUT2D eigenvalue weighted by Crippen LogP contribution is 2.23. The maximum Gasteiger partial charge on any atom is 0.309 e. The number of carboxylic acid groups (broad SMARTS) is 1. The van der Waals surface area contributed by atoms with E-state index in [2.05, 4.69) is 4.98 Å². The topological polar surface area (TPSA) is 59.4 Å². The molecule has 4 heteroatoms. The fourth-order valence-electron chi connectivity index (χ4n) is 1.58. The van der Waals surface area contributed by atoms with Crippen LogP contribution in [0.25, 0.3) is 10.9 Å². The molecule has 1 aromatic heterocycles. The third-order valence-electron chi connectivity index (χ3n) is 2.30. The van der Waals surface area contributed by atoms with Crippen molar-refractivity contribution in [2.24, 2.45) is 0 Å². The third-order valence-corrected chi connectivity index (χ3v) is 2.30. The molecule has 82 valence electrons. The predicted octanol–water partition coefficient (Wildman–Crippen LogP) is 1.87. The molecule has 2 aromatic rings. The summed E-state index contributed by atoms with van der Waals surface area (Å²) in [5.41, 5.74) is 1.23. The average Bonchev–Trinajstić information content (AvgIpc) is 2.27. The van der Waals surface area contributed by atoms with Gasteiger partial charge in [0.25, 0.3) is 0 Å². The minimum atomic E-state index is -0.916. The number of hydrogen-bond donors (Lipinski definition) is 1. The largest absolute Gasteiger partial charge is 0.495 e. The molecule has 1 aromatic carbocycles. The Bertz CT molecular complexity index is 537. The van der Waals surface area contributed by atoms with Gasteiger partial charge in [0.1, 0.15) is 5.75 Å². The fraction of sp³-hybridized carbons (Fsp3) is 0.167. The Morgan fingerprint density at radius 1 is 1.44 bits per heavy atom. The Kier molecular flexibility index (Phi) is 2.72. The van der Waals surface area contributed by atoms with E-state index in [1.807, 2.05) is 24.3 Å². The number of carbonyl (C=O) groups is 1. The molecule has 0 aliphatic carbocycles. The molecule has 0 radical (unpaired) electrons. The van der Waals surface area contributed by atoms with E-state index >= 15 is 0 Å². The van der Waals surface area contributed by atoms with E-state index in [-0.39, 0.29) is 6.42 Å². The minimum absolute atomic E-state index is 0.131. The lowest BCUT2D eigenvalue weighted by atomic mass is 10.1. The third kappa shape index (κ3) is 1.95. The van der Waals surface area contributed by atoms with Gasteiger partial charge in [-0.15, -0.1) is 0 Å². The minimum Gasteiger partial charge on any atom is -0.495 e. The van der Waals surface area contributed by atoms with Crippen LogP contribution in [0.5, 0.6) is 5.75 Å². The quantitative estimate of drug-likeness (QED) is 0.852. The molecular weight excluding hydrogens is 206 g/mol. The van der Waals surface area contributed by atoms with Gasteiger partial charge >= 0.3 is 5.97 Å². The van der Waals surface area contributed by atoms with Crippen molar-refractivity contribution in [2.45, 2.75) is 6.42 Å². The second-order valence-corrected chi connectivity index (χ2v) is 3.40. The number of aromatic nitrogens is 1. The molecule has 1 heterocycles. The Morgan fingerprint density at radius 2 is 2.19 bits per heavy atom. The van der Waals surface area contributed by atoms with Gasteiger partial charge in [-0.05, 0) is 12.1 Å². The fourth-order valence-corrected chi connectivity index (χ4v) is 1.58. The van der Waals surface area contributed by atoms with Crippen LogP contribution in [0.4, 0.5) is 0 Å². The molecule has 0 aliphatic rings. The summed E-state index contributed by atoms with van der Waals surface area (Å²) in [6.45, 7) is 0. The number of pyridine rings is 1. The second kappa shape index (κ2) is 4.18. The number of hydrogen-bond acceptors (Lipinski definition) is 3. The molecule has 0 atom stereocenters. The highest BCUT2D eigenvalue weighted by molar-refractivity contribution is 5.81. The van der Waals surface area contributed by atoms with Crippen LogP contribution in [0.3, 0.4) is 0 Å². The maximum absolute atomic E-state index is 10.7. The summed E-state index contributed by atoms with van der Waals surface area (Å²) < 4.78 is 5.13. The van der Waals surface area contributed by atoms with Crippen LogP contribution in [-0.2, 0) is 11.2 Å². The van der Waals surface area contributed by atoms with Crippen molar-refractivity contribution in [3.05, 3.63) is 36.0 Å². The van der Waals surface area contributed by atoms with E-state index < -0.39 is 5.97 Å². The molecule has 0 fully saturated rings. The van der Waals surface area contributed by atoms with Gasteiger partial charge in [0.15, 0.2) is 0 Å². The number of benzene rings is 1. The molecule has 0 aliphatic heterocycles. The Hall–Kier alpha value is -2.10.